The molecule has 2 aromatic rings. The summed E-state index contributed by atoms with van der Waals surface area (Å²) in [7, 11) is 1.88. The van der Waals surface area contributed by atoms with Gasteiger partial charge in [0.15, 0.2) is 0 Å². The summed E-state index contributed by atoms with van der Waals surface area (Å²) in [6.45, 7) is 0.602. The van der Waals surface area contributed by atoms with Gasteiger partial charge in [0.05, 0.1) is 5.41 Å². The minimum absolute atomic E-state index is 0.213. The van der Waals surface area contributed by atoms with E-state index in [-0.39, 0.29) is 11.3 Å². The summed E-state index contributed by atoms with van der Waals surface area (Å²) < 4.78 is 1.04. The van der Waals surface area contributed by atoms with Gasteiger partial charge in [-0.25, -0.2) is 0 Å². The van der Waals surface area contributed by atoms with Crippen LogP contribution in [0.25, 0.3) is 0 Å². The number of hydrogen-bond acceptors (Lipinski definition) is 2. The molecule has 1 fully saturated rings. The van der Waals surface area contributed by atoms with E-state index in [4.69, 9.17) is 0 Å². The van der Waals surface area contributed by atoms with E-state index in [0.717, 1.165) is 34.9 Å². The summed E-state index contributed by atoms with van der Waals surface area (Å²) in [6.07, 6.45) is 6.55. The Morgan fingerprint density at radius 3 is 2.55 bits per heavy atom. The lowest BCUT2D eigenvalue weighted by Crippen LogP contribution is -2.49. The molecule has 1 amide bonds. The Hall–Kier alpha value is -1.68. The average molecular weight is 359 g/mol. The van der Waals surface area contributed by atoms with Crippen molar-refractivity contribution < 1.29 is 4.79 Å². The molecule has 1 aromatic carbocycles. The zero-order valence-electron chi connectivity index (χ0n) is 12.6. The third kappa shape index (κ3) is 2.80. The molecule has 1 aromatic heterocycles. The molecule has 1 aliphatic carbocycles. The van der Waals surface area contributed by atoms with Gasteiger partial charge in [-0.2, -0.15) is 0 Å². The molecule has 114 valence electrons. The van der Waals surface area contributed by atoms with Crippen molar-refractivity contribution in [1.29, 1.82) is 0 Å². The van der Waals surface area contributed by atoms with Crippen molar-refractivity contribution in [3.05, 3.63) is 64.4 Å². The van der Waals surface area contributed by atoms with Crippen LogP contribution in [-0.2, 0) is 16.8 Å². The van der Waals surface area contributed by atoms with Gasteiger partial charge in [0.25, 0.3) is 0 Å². The Labute approximate surface area is 139 Å². The number of hydrogen-bond donors (Lipinski definition) is 0. The highest BCUT2D eigenvalue weighted by molar-refractivity contribution is 9.10. The molecule has 1 aliphatic rings. The molecule has 0 bridgehead atoms. The first-order chi connectivity index (χ1) is 10.6. The minimum atomic E-state index is -0.336. The van der Waals surface area contributed by atoms with Crippen LogP contribution in [0.1, 0.15) is 30.4 Å². The van der Waals surface area contributed by atoms with E-state index in [2.05, 4.69) is 33.0 Å². The molecule has 0 atom stereocenters. The van der Waals surface area contributed by atoms with Gasteiger partial charge in [-0.05, 0) is 42.2 Å². The molecule has 0 N–H and O–H groups in total. The third-order valence-corrected chi connectivity index (χ3v) is 5.03. The van der Waals surface area contributed by atoms with Gasteiger partial charge < -0.3 is 4.90 Å². The van der Waals surface area contributed by atoms with Gasteiger partial charge in [0, 0.05) is 30.5 Å². The van der Waals surface area contributed by atoms with Gasteiger partial charge in [-0.3, -0.25) is 9.78 Å². The van der Waals surface area contributed by atoms with E-state index in [9.17, 15) is 4.79 Å². The van der Waals surface area contributed by atoms with Crippen molar-refractivity contribution in [3.8, 4) is 0 Å². The number of benzene rings is 1. The normalized spacial score (nSPS) is 15.9. The number of halogens is 1. The van der Waals surface area contributed by atoms with E-state index in [1.54, 1.807) is 6.20 Å². The molecule has 1 heterocycles. The largest absolute Gasteiger partial charge is 0.341 e. The second kappa shape index (κ2) is 6.21. The summed E-state index contributed by atoms with van der Waals surface area (Å²) in [6, 6.07) is 12.1. The summed E-state index contributed by atoms with van der Waals surface area (Å²) in [4.78, 5) is 19.0. The number of carbonyl (C=O) groups excluding carboxylic acids is 1. The molecular formula is C18H19BrN2O. The number of carbonyl (C=O) groups is 1. The summed E-state index contributed by atoms with van der Waals surface area (Å²) in [5.74, 6) is 0.213. The number of aromatic nitrogens is 1. The molecule has 0 radical (unpaired) electrons. The molecule has 0 saturated heterocycles. The van der Waals surface area contributed by atoms with E-state index >= 15 is 0 Å². The molecule has 3 rings (SSSR count). The number of amides is 1. The maximum Gasteiger partial charge on any atom is 0.233 e. The zero-order valence-corrected chi connectivity index (χ0v) is 14.2. The van der Waals surface area contributed by atoms with Crippen molar-refractivity contribution >= 4 is 21.8 Å². The smallest absolute Gasteiger partial charge is 0.233 e. The monoisotopic (exact) mass is 358 g/mol. The van der Waals surface area contributed by atoms with Crippen molar-refractivity contribution in [2.45, 2.75) is 31.2 Å². The molecular weight excluding hydrogens is 340 g/mol. The van der Waals surface area contributed by atoms with Crippen molar-refractivity contribution in [2.24, 2.45) is 0 Å². The Morgan fingerprint density at radius 2 is 2.00 bits per heavy atom. The molecule has 0 unspecified atom stereocenters. The highest BCUT2D eigenvalue weighted by Gasteiger charge is 2.46. The Bertz CT molecular complexity index is 651. The molecule has 3 nitrogen and oxygen atoms in total. The van der Waals surface area contributed by atoms with Gasteiger partial charge in [0.1, 0.15) is 0 Å². The van der Waals surface area contributed by atoms with E-state index in [1.165, 1.54) is 0 Å². The number of pyridine rings is 1. The highest BCUT2D eigenvalue weighted by Crippen LogP contribution is 2.45. The minimum Gasteiger partial charge on any atom is -0.341 e. The molecule has 4 heteroatoms. The van der Waals surface area contributed by atoms with Crippen LogP contribution in [0.3, 0.4) is 0 Å². The summed E-state index contributed by atoms with van der Waals surface area (Å²) in [5.41, 5.74) is 1.85. The van der Waals surface area contributed by atoms with Gasteiger partial charge in [0.2, 0.25) is 5.91 Å². The van der Waals surface area contributed by atoms with Crippen LogP contribution in [0, 0.1) is 0 Å². The van der Waals surface area contributed by atoms with Gasteiger partial charge in [-0.1, -0.05) is 40.5 Å². The first-order valence-corrected chi connectivity index (χ1v) is 8.32. The van der Waals surface area contributed by atoms with Crippen LogP contribution in [0.4, 0.5) is 0 Å². The van der Waals surface area contributed by atoms with E-state index < -0.39 is 0 Å². The fourth-order valence-electron chi connectivity index (χ4n) is 3.13. The summed E-state index contributed by atoms with van der Waals surface area (Å²) >= 11 is 3.46. The van der Waals surface area contributed by atoms with Crippen molar-refractivity contribution in [2.75, 3.05) is 7.05 Å². The second-order valence-electron chi connectivity index (χ2n) is 5.97. The first-order valence-electron chi connectivity index (χ1n) is 7.52. The predicted molar refractivity (Wildman–Crippen MR) is 90.4 cm³/mol. The highest BCUT2D eigenvalue weighted by atomic mass is 79.9. The topological polar surface area (TPSA) is 33.2 Å². The van der Waals surface area contributed by atoms with E-state index in [0.29, 0.717) is 6.54 Å². The van der Waals surface area contributed by atoms with Crippen molar-refractivity contribution in [3.63, 3.8) is 0 Å². The Balaban J connectivity index is 1.81. The van der Waals surface area contributed by atoms with Crippen LogP contribution in [0.2, 0.25) is 0 Å². The van der Waals surface area contributed by atoms with Crippen LogP contribution in [-0.4, -0.2) is 22.8 Å². The zero-order chi connectivity index (χ0) is 15.6. The summed E-state index contributed by atoms with van der Waals surface area (Å²) in [5, 5.41) is 0. The van der Waals surface area contributed by atoms with Crippen LogP contribution in [0.5, 0.6) is 0 Å². The second-order valence-corrected chi connectivity index (χ2v) is 6.88. The number of likely N-dealkylation sites (N-methyl/N-ethyl adjacent to an activating group) is 1. The number of rotatable bonds is 4. The van der Waals surface area contributed by atoms with E-state index in [1.807, 2.05) is 42.4 Å². The third-order valence-electron chi connectivity index (χ3n) is 4.50. The molecule has 1 saturated carbocycles. The Morgan fingerprint density at radius 1 is 1.27 bits per heavy atom. The Kier molecular flexibility index (Phi) is 4.30. The number of nitrogens with zero attached hydrogens (tertiary/aromatic N) is 2. The van der Waals surface area contributed by atoms with Crippen LogP contribution >= 0.6 is 15.9 Å². The average Bonchev–Trinajstić information content (AvgIpc) is 2.49. The fourth-order valence-corrected chi connectivity index (χ4v) is 3.39. The SMILES string of the molecule is CN(Cc1cccnc1)C(=O)C1(c2ccc(Br)cc2)CCC1. The predicted octanol–water partition coefficient (Wildman–Crippen LogP) is 3.92. The lowest BCUT2D eigenvalue weighted by Gasteiger charge is -2.43. The molecule has 22 heavy (non-hydrogen) atoms. The van der Waals surface area contributed by atoms with Gasteiger partial charge in [-0.15, -0.1) is 0 Å². The van der Waals surface area contributed by atoms with Crippen LogP contribution in [0.15, 0.2) is 53.3 Å². The van der Waals surface area contributed by atoms with Gasteiger partial charge >= 0.3 is 0 Å². The first kappa shape index (κ1) is 15.2. The lowest BCUT2D eigenvalue weighted by atomic mass is 9.63. The quantitative estimate of drug-likeness (QED) is 0.829. The molecule has 0 spiro atoms. The lowest BCUT2D eigenvalue weighted by molar-refractivity contribution is -0.140. The standard InChI is InChI=1S/C18H19BrN2O/c1-21(13-14-4-2-11-20-12-14)17(22)18(9-3-10-18)15-5-7-16(19)8-6-15/h2,4-8,11-12H,3,9-10,13H2,1H3. The maximum atomic E-state index is 13.0. The maximum absolute atomic E-state index is 13.0. The van der Waals surface area contributed by atoms with Crippen LogP contribution < -0.4 is 0 Å². The fraction of sp³-hybridized carbons (Fsp3) is 0.333. The van der Waals surface area contributed by atoms with Crippen molar-refractivity contribution in [1.82, 2.24) is 9.88 Å². The molecule has 0 aliphatic heterocycles.